The first-order valence-electron chi connectivity index (χ1n) is 5.89. The molecule has 1 aliphatic heterocycles. The summed E-state index contributed by atoms with van der Waals surface area (Å²) in [5, 5.41) is 0.906. The van der Waals surface area contributed by atoms with Crippen LogP contribution in [-0.4, -0.2) is 61.1 Å². The highest BCUT2D eigenvalue weighted by atomic mass is 32.1. The lowest BCUT2D eigenvalue weighted by Crippen LogP contribution is -2.53. The fourth-order valence-electron chi connectivity index (χ4n) is 1.82. The van der Waals surface area contributed by atoms with Crippen LogP contribution in [0.2, 0.25) is 0 Å². The van der Waals surface area contributed by atoms with Crippen LogP contribution in [0.25, 0.3) is 0 Å². The van der Waals surface area contributed by atoms with Crippen LogP contribution in [0.3, 0.4) is 0 Å². The van der Waals surface area contributed by atoms with Gasteiger partial charge in [-0.2, -0.15) is 4.37 Å². The Balaban J connectivity index is 1.84. The van der Waals surface area contributed by atoms with E-state index in [1.165, 1.54) is 11.5 Å². The fourth-order valence-corrected chi connectivity index (χ4v) is 2.55. The number of ether oxygens (including phenoxy) is 1. The lowest BCUT2D eigenvalue weighted by atomic mass is 10.00. The topological polar surface area (TPSA) is 58.6 Å². The highest BCUT2D eigenvalue weighted by Crippen LogP contribution is 2.27. The van der Waals surface area contributed by atoms with Gasteiger partial charge in [-0.25, -0.2) is 4.98 Å². The lowest BCUT2D eigenvalue weighted by Gasteiger charge is -2.38. The van der Waals surface area contributed by atoms with Crippen molar-refractivity contribution >= 4 is 22.6 Å². The molecular weight excluding hydrogens is 252 g/mol. The van der Waals surface area contributed by atoms with Crippen LogP contribution in [0.5, 0.6) is 0 Å². The predicted molar refractivity (Wildman–Crippen MR) is 69.9 cm³/mol. The second kappa shape index (κ2) is 5.62. The smallest absolute Gasteiger partial charge is 0.228 e. The molecule has 0 aromatic carbocycles. The maximum absolute atomic E-state index is 11.7. The Morgan fingerprint density at radius 2 is 2.28 bits per heavy atom. The molecule has 0 N–H and O–H groups in total. The monoisotopic (exact) mass is 270 g/mol. The SMILES string of the molecule is COCCc1nsc(N2CC(C(=O)N(C)C)C2)n1. The molecular formula is C11H18N4O2S. The Kier molecular flexibility index (Phi) is 4.13. The van der Waals surface area contributed by atoms with Gasteiger partial charge < -0.3 is 14.5 Å². The summed E-state index contributed by atoms with van der Waals surface area (Å²) in [7, 11) is 5.25. The summed E-state index contributed by atoms with van der Waals surface area (Å²) in [5.74, 6) is 1.11. The molecule has 1 aromatic rings. The molecule has 0 unspecified atom stereocenters. The van der Waals surface area contributed by atoms with Crippen molar-refractivity contribution in [2.24, 2.45) is 5.92 Å². The summed E-state index contributed by atoms with van der Waals surface area (Å²) in [6, 6.07) is 0. The van der Waals surface area contributed by atoms with E-state index in [1.807, 2.05) is 0 Å². The van der Waals surface area contributed by atoms with Crippen LogP contribution in [0.4, 0.5) is 5.13 Å². The number of rotatable bonds is 5. The molecule has 1 saturated heterocycles. The van der Waals surface area contributed by atoms with E-state index < -0.39 is 0 Å². The Bertz CT molecular complexity index is 415. The molecule has 0 spiro atoms. The lowest BCUT2D eigenvalue weighted by molar-refractivity contribution is -0.133. The molecule has 0 saturated carbocycles. The van der Waals surface area contributed by atoms with Crippen molar-refractivity contribution in [1.82, 2.24) is 14.3 Å². The first-order valence-corrected chi connectivity index (χ1v) is 6.66. The zero-order chi connectivity index (χ0) is 13.1. The minimum Gasteiger partial charge on any atom is -0.384 e. The number of aromatic nitrogens is 2. The van der Waals surface area contributed by atoms with Crippen LogP contribution in [0.15, 0.2) is 0 Å². The number of nitrogens with zero attached hydrogens (tertiary/aromatic N) is 4. The van der Waals surface area contributed by atoms with Gasteiger partial charge >= 0.3 is 0 Å². The molecule has 100 valence electrons. The van der Waals surface area contributed by atoms with Gasteiger partial charge in [-0.3, -0.25) is 4.79 Å². The average Bonchev–Trinajstić information content (AvgIpc) is 2.72. The third-order valence-corrected chi connectivity index (χ3v) is 3.74. The van der Waals surface area contributed by atoms with Crippen molar-refractivity contribution in [3.63, 3.8) is 0 Å². The first kappa shape index (κ1) is 13.2. The molecule has 1 aromatic heterocycles. The van der Waals surface area contributed by atoms with Crippen molar-refractivity contribution in [2.75, 3.05) is 45.8 Å². The zero-order valence-electron chi connectivity index (χ0n) is 10.9. The van der Waals surface area contributed by atoms with E-state index in [9.17, 15) is 4.79 Å². The summed E-state index contributed by atoms with van der Waals surface area (Å²) in [5.41, 5.74) is 0. The Labute approximate surface area is 111 Å². The number of anilines is 1. The Hall–Kier alpha value is -1.21. The van der Waals surface area contributed by atoms with Gasteiger partial charge in [0.1, 0.15) is 5.82 Å². The number of amides is 1. The molecule has 0 bridgehead atoms. The van der Waals surface area contributed by atoms with Crippen molar-refractivity contribution in [3.8, 4) is 0 Å². The van der Waals surface area contributed by atoms with E-state index >= 15 is 0 Å². The summed E-state index contributed by atoms with van der Waals surface area (Å²) in [6.07, 6.45) is 0.737. The minimum absolute atomic E-state index is 0.103. The zero-order valence-corrected chi connectivity index (χ0v) is 11.7. The van der Waals surface area contributed by atoms with Crippen molar-refractivity contribution < 1.29 is 9.53 Å². The number of carbonyl (C=O) groups excluding carboxylic acids is 1. The van der Waals surface area contributed by atoms with E-state index in [4.69, 9.17) is 4.74 Å². The van der Waals surface area contributed by atoms with Crippen LogP contribution < -0.4 is 4.90 Å². The van der Waals surface area contributed by atoms with Crippen LogP contribution in [0.1, 0.15) is 5.82 Å². The average molecular weight is 270 g/mol. The van der Waals surface area contributed by atoms with E-state index in [0.717, 1.165) is 30.5 Å². The van der Waals surface area contributed by atoms with Crippen molar-refractivity contribution in [2.45, 2.75) is 6.42 Å². The van der Waals surface area contributed by atoms with Crippen LogP contribution >= 0.6 is 11.5 Å². The fraction of sp³-hybridized carbons (Fsp3) is 0.727. The number of hydrogen-bond donors (Lipinski definition) is 0. The molecule has 7 heteroatoms. The summed E-state index contributed by atoms with van der Waals surface area (Å²) < 4.78 is 9.27. The van der Waals surface area contributed by atoms with Gasteiger partial charge in [0.25, 0.3) is 0 Å². The Morgan fingerprint density at radius 1 is 1.56 bits per heavy atom. The van der Waals surface area contributed by atoms with Gasteiger partial charge in [-0.1, -0.05) is 0 Å². The van der Waals surface area contributed by atoms with Crippen molar-refractivity contribution in [1.29, 1.82) is 0 Å². The third-order valence-electron chi connectivity index (χ3n) is 2.93. The molecule has 2 rings (SSSR count). The molecule has 6 nitrogen and oxygen atoms in total. The highest BCUT2D eigenvalue weighted by molar-refractivity contribution is 7.09. The molecule has 0 aliphatic carbocycles. The van der Waals surface area contributed by atoms with Gasteiger partial charge in [-0.05, 0) is 0 Å². The van der Waals surface area contributed by atoms with Gasteiger partial charge in [0.2, 0.25) is 11.0 Å². The highest BCUT2D eigenvalue weighted by Gasteiger charge is 2.35. The molecule has 2 heterocycles. The number of carbonyl (C=O) groups is 1. The van der Waals surface area contributed by atoms with Gasteiger partial charge in [0.05, 0.1) is 12.5 Å². The minimum atomic E-state index is 0.103. The molecule has 1 aliphatic rings. The second-order valence-electron chi connectivity index (χ2n) is 4.57. The van der Waals surface area contributed by atoms with Crippen LogP contribution in [-0.2, 0) is 16.0 Å². The van der Waals surface area contributed by atoms with Gasteiger partial charge in [0.15, 0.2) is 0 Å². The predicted octanol–water partition coefficient (Wildman–Crippen LogP) is 0.251. The van der Waals surface area contributed by atoms with E-state index in [0.29, 0.717) is 6.61 Å². The molecule has 0 radical (unpaired) electrons. The standard InChI is InChI=1S/C11H18N4O2S/c1-14(2)10(16)8-6-15(7-8)11-12-9(13-18-11)4-5-17-3/h8H,4-7H2,1-3H3. The first-order chi connectivity index (χ1) is 8.61. The normalized spacial score (nSPS) is 15.6. The largest absolute Gasteiger partial charge is 0.384 e. The summed E-state index contributed by atoms with van der Waals surface area (Å²) in [4.78, 5) is 19.9. The van der Waals surface area contributed by atoms with Gasteiger partial charge in [0, 0.05) is 52.2 Å². The Morgan fingerprint density at radius 3 is 2.89 bits per heavy atom. The summed E-state index contributed by atoms with van der Waals surface area (Å²) >= 11 is 1.39. The van der Waals surface area contributed by atoms with Crippen molar-refractivity contribution in [3.05, 3.63) is 5.82 Å². The third kappa shape index (κ3) is 2.78. The van der Waals surface area contributed by atoms with E-state index in [2.05, 4.69) is 14.3 Å². The summed E-state index contributed by atoms with van der Waals surface area (Å²) in [6.45, 7) is 2.13. The quantitative estimate of drug-likeness (QED) is 0.767. The van der Waals surface area contributed by atoms with Crippen LogP contribution in [0, 0.1) is 5.92 Å². The molecule has 18 heavy (non-hydrogen) atoms. The molecule has 0 atom stereocenters. The maximum Gasteiger partial charge on any atom is 0.228 e. The maximum atomic E-state index is 11.7. The van der Waals surface area contributed by atoms with Gasteiger partial charge in [-0.15, -0.1) is 0 Å². The molecule has 1 amide bonds. The second-order valence-corrected chi connectivity index (χ2v) is 5.30. The van der Waals surface area contributed by atoms with E-state index in [-0.39, 0.29) is 11.8 Å². The van der Waals surface area contributed by atoms with E-state index in [1.54, 1.807) is 26.1 Å². The number of methoxy groups -OCH3 is 1. The molecule has 1 fully saturated rings. The number of hydrogen-bond acceptors (Lipinski definition) is 6.